The largest absolute Gasteiger partial charge is 0.325 e. The lowest BCUT2D eigenvalue weighted by Gasteiger charge is -2.32. The molecule has 1 unspecified atom stereocenters. The third-order valence-corrected chi connectivity index (χ3v) is 4.86. The minimum Gasteiger partial charge on any atom is -0.325 e. The van der Waals surface area contributed by atoms with Crippen molar-refractivity contribution in [3.63, 3.8) is 0 Å². The van der Waals surface area contributed by atoms with E-state index in [1.54, 1.807) is 0 Å². The Kier molecular flexibility index (Phi) is 6.18. The second-order valence-electron chi connectivity index (χ2n) is 5.52. The van der Waals surface area contributed by atoms with Gasteiger partial charge in [-0.1, -0.05) is 0 Å². The first-order chi connectivity index (χ1) is 10.3. The van der Waals surface area contributed by atoms with Crippen LogP contribution >= 0.6 is 22.6 Å². The van der Waals surface area contributed by atoms with Crippen molar-refractivity contribution >= 4 is 44.2 Å². The molecule has 6 nitrogen and oxygen atoms in total. The molecule has 1 aromatic rings. The molecule has 1 saturated heterocycles. The lowest BCUT2D eigenvalue weighted by Crippen LogP contribution is -2.49. The summed E-state index contributed by atoms with van der Waals surface area (Å²) < 4.78 is 26.3. The lowest BCUT2D eigenvalue weighted by molar-refractivity contribution is -0.117. The molecule has 0 radical (unpaired) electrons. The molecule has 8 heteroatoms. The van der Waals surface area contributed by atoms with Crippen LogP contribution in [0.3, 0.4) is 0 Å². The Morgan fingerprint density at radius 2 is 2.05 bits per heavy atom. The number of likely N-dealkylation sites (tertiary alicyclic amines) is 1. The molecule has 0 spiro atoms. The summed E-state index contributed by atoms with van der Waals surface area (Å²) in [5, 5.41) is 2.86. The van der Waals surface area contributed by atoms with Crippen LogP contribution in [0.5, 0.6) is 0 Å². The maximum Gasteiger partial charge on any atom is 0.238 e. The fraction of sp³-hybridized carbons (Fsp3) is 0.500. The molecular formula is C14H20IN3O3S. The van der Waals surface area contributed by atoms with E-state index in [2.05, 4.69) is 32.6 Å². The number of nitrogens with one attached hydrogen (secondary N) is 2. The number of hydrogen-bond donors (Lipinski definition) is 2. The molecule has 1 aromatic carbocycles. The van der Waals surface area contributed by atoms with Gasteiger partial charge in [0.25, 0.3) is 0 Å². The van der Waals surface area contributed by atoms with Crippen molar-refractivity contribution in [2.45, 2.75) is 18.9 Å². The van der Waals surface area contributed by atoms with Gasteiger partial charge in [0, 0.05) is 21.8 Å². The first kappa shape index (κ1) is 17.6. The molecule has 122 valence electrons. The number of nitrogens with zero attached hydrogens (tertiary/aromatic N) is 1. The molecule has 1 amide bonds. The van der Waals surface area contributed by atoms with Crippen LogP contribution in [0.4, 0.5) is 5.69 Å². The van der Waals surface area contributed by atoms with Gasteiger partial charge in [-0.3, -0.25) is 9.69 Å². The first-order valence-corrected chi connectivity index (χ1v) is 10.0. The molecule has 0 aromatic heterocycles. The fourth-order valence-electron chi connectivity index (χ4n) is 2.53. The van der Waals surface area contributed by atoms with Crippen molar-refractivity contribution < 1.29 is 13.2 Å². The van der Waals surface area contributed by atoms with Gasteiger partial charge in [0.2, 0.25) is 15.9 Å². The number of piperidine rings is 1. The minimum atomic E-state index is -3.21. The van der Waals surface area contributed by atoms with E-state index in [1.807, 2.05) is 29.2 Å². The molecule has 1 aliphatic rings. The summed E-state index contributed by atoms with van der Waals surface area (Å²) in [5.41, 5.74) is 0.772. The van der Waals surface area contributed by atoms with E-state index in [4.69, 9.17) is 0 Å². The fourth-order valence-corrected chi connectivity index (χ4v) is 3.69. The van der Waals surface area contributed by atoms with E-state index >= 15 is 0 Å². The van der Waals surface area contributed by atoms with Crippen LogP contribution in [-0.2, 0) is 14.8 Å². The number of carbonyl (C=O) groups excluding carboxylic acids is 1. The Labute approximate surface area is 144 Å². The van der Waals surface area contributed by atoms with Crippen LogP contribution in [-0.4, -0.2) is 51.2 Å². The van der Waals surface area contributed by atoms with E-state index in [1.165, 1.54) is 0 Å². The molecule has 2 rings (SSSR count). The summed E-state index contributed by atoms with van der Waals surface area (Å²) in [6.45, 7) is 1.64. The average molecular weight is 437 g/mol. The van der Waals surface area contributed by atoms with Gasteiger partial charge < -0.3 is 5.32 Å². The molecule has 2 N–H and O–H groups in total. The third-order valence-electron chi connectivity index (χ3n) is 3.38. The Balaban J connectivity index is 1.84. The van der Waals surface area contributed by atoms with Crippen LogP contribution in [0.25, 0.3) is 0 Å². The quantitative estimate of drug-likeness (QED) is 0.680. The summed E-state index contributed by atoms with van der Waals surface area (Å²) >= 11 is 2.21. The van der Waals surface area contributed by atoms with Crippen LogP contribution < -0.4 is 10.0 Å². The highest BCUT2D eigenvalue weighted by Crippen LogP contribution is 2.13. The number of anilines is 1. The Hall–Kier alpha value is -0.710. The van der Waals surface area contributed by atoms with Gasteiger partial charge in [-0.2, -0.15) is 0 Å². The van der Waals surface area contributed by atoms with Crippen molar-refractivity contribution in [3.05, 3.63) is 27.8 Å². The highest BCUT2D eigenvalue weighted by molar-refractivity contribution is 14.1. The summed E-state index contributed by atoms with van der Waals surface area (Å²) in [6.07, 6.45) is 2.85. The summed E-state index contributed by atoms with van der Waals surface area (Å²) in [4.78, 5) is 14.0. The van der Waals surface area contributed by atoms with E-state index in [0.29, 0.717) is 6.54 Å². The number of carbonyl (C=O) groups is 1. The van der Waals surface area contributed by atoms with E-state index in [9.17, 15) is 13.2 Å². The topological polar surface area (TPSA) is 78.5 Å². The molecule has 1 atom stereocenters. The maximum atomic E-state index is 12.1. The molecule has 1 fully saturated rings. The number of amides is 1. The summed E-state index contributed by atoms with van der Waals surface area (Å²) in [5.74, 6) is -0.0822. The standard InChI is InChI=1S/C14H20IN3O3S/c1-22(20,21)17-13-3-2-8-18(9-13)10-14(19)16-12-6-4-11(15)5-7-12/h4-7,13,17H,2-3,8-10H2,1H3,(H,16,19). The van der Waals surface area contributed by atoms with Gasteiger partial charge in [0.15, 0.2) is 0 Å². The highest BCUT2D eigenvalue weighted by atomic mass is 127. The smallest absolute Gasteiger partial charge is 0.238 e. The predicted octanol–water partition coefficient (Wildman–Crippen LogP) is 1.24. The predicted molar refractivity (Wildman–Crippen MR) is 95.2 cm³/mol. The van der Waals surface area contributed by atoms with E-state index in [0.717, 1.165) is 34.9 Å². The number of sulfonamides is 1. The van der Waals surface area contributed by atoms with Gasteiger partial charge in [0.1, 0.15) is 0 Å². The van der Waals surface area contributed by atoms with Crippen molar-refractivity contribution in [2.24, 2.45) is 0 Å². The number of halogens is 1. The number of hydrogen-bond acceptors (Lipinski definition) is 4. The average Bonchev–Trinajstić information content (AvgIpc) is 2.40. The van der Waals surface area contributed by atoms with Crippen molar-refractivity contribution in [1.82, 2.24) is 9.62 Å². The number of rotatable bonds is 5. The van der Waals surface area contributed by atoms with Gasteiger partial charge in [-0.05, 0) is 66.2 Å². The van der Waals surface area contributed by atoms with Gasteiger partial charge in [0.05, 0.1) is 12.8 Å². The highest BCUT2D eigenvalue weighted by Gasteiger charge is 2.23. The molecule has 0 saturated carbocycles. The summed E-state index contributed by atoms with van der Waals surface area (Å²) in [7, 11) is -3.21. The zero-order valence-electron chi connectivity index (χ0n) is 12.4. The van der Waals surface area contributed by atoms with Crippen LogP contribution in [0, 0.1) is 3.57 Å². The first-order valence-electron chi connectivity index (χ1n) is 7.07. The van der Waals surface area contributed by atoms with Gasteiger partial charge in [-0.15, -0.1) is 0 Å². The Bertz CT molecular complexity index is 619. The molecule has 1 aliphatic heterocycles. The SMILES string of the molecule is CS(=O)(=O)NC1CCCN(CC(=O)Nc2ccc(I)cc2)C1. The molecule has 0 bridgehead atoms. The monoisotopic (exact) mass is 437 g/mol. The Morgan fingerprint density at radius 3 is 2.68 bits per heavy atom. The lowest BCUT2D eigenvalue weighted by atomic mass is 10.1. The molecule has 1 heterocycles. The second-order valence-corrected chi connectivity index (χ2v) is 8.55. The van der Waals surface area contributed by atoms with Crippen LogP contribution in [0.1, 0.15) is 12.8 Å². The molecule has 22 heavy (non-hydrogen) atoms. The zero-order chi connectivity index (χ0) is 16.2. The van der Waals surface area contributed by atoms with Gasteiger partial charge in [-0.25, -0.2) is 13.1 Å². The van der Waals surface area contributed by atoms with Crippen LogP contribution in [0.15, 0.2) is 24.3 Å². The third kappa shape index (κ3) is 6.19. The van der Waals surface area contributed by atoms with Crippen molar-refractivity contribution in [2.75, 3.05) is 31.2 Å². The van der Waals surface area contributed by atoms with Crippen molar-refractivity contribution in [3.8, 4) is 0 Å². The van der Waals surface area contributed by atoms with E-state index in [-0.39, 0.29) is 18.5 Å². The van der Waals surface area contributed by atoms with Gasteiger partial charge >= 0.3 is 0 Å². The number of benzene rings is 1. The minimum absolute atomic E-state index is 0.0822. The zero-order valence-corrected chi connectivity index (χ0v) is 15.4. The summed E-state index contributed by atoms with van der Waals surface area (Å²) in [6, 6.07) is 7.48. The Morgan fingerprint density at radius 1 is 1.36 bits per heavy atom. The van der Waals surface area contributed by atoms with Crippen molar-refractivity contribution in [1.29, 1.82) is 0 Å². The molecule has 0 aliphatic carbocycles. The second kappa shape index (κ2) is 7.71. The van der Waals surface area contributed by atoms with Crippen LogP contribution in [0.2, 0.25) is 0 Å². The maximum absolute atomic E-state index is 12.1. The normalized spacial score (nSPS) is 19.8. The van der Waals surface area contributed by atoms with E-state index < -0.39 is 10.0 Å². The molecular weight excluding hydrogens is 417 g/mol.